The second-order valence-corrected chi connectivity index (χ2v) is 4.50. The maximum Gasteiger partial charge on any atom is 0.226 e. The number of aromatic nitrogens is 2. The first-order valence-electron chi connectivity index (χ1n) is 5.73. The summed E-state index contributed by atoms with van der Waals surface area (Å²) in [6.07, 6.45) is 6.30. The number of rotatable bonds is 4. The molecule has 0 spiro atoms. The number of nitrogens with two attached hydrogens (primary N) is 1. The Morgan fingerprint density at radius 3 is 2.88 bits per heavy atom. The molecule has 0 atom stereocenters. The summed E-state index contributed by atoms with van der Waals surface area (Å²) in [5.41, 5.74) is 6.44. The van der Waals surface area contributed by atoms with E-state index < -0.39 is 0 Å². The average molecular weight is 222 g/mol. The standard InChI is InChI=1S/C11H18N4O/c12-8-11(4-1-2-5-11)14-10(16)7-9-3-6-13-15-9/h3,6H,1-2,4-5,7-8,12H2,(H,13,15)(H,14,16). The molecule has 1 aromatic rings. The zero-order chi connectivity index (χ0) is 11.4. The Bertz CT molecular complexity index is 341. The fourth-order valence-electron chi connectivity index (χ4n) is 2.33. The van der Waals surface area contributed by atoms with Crippen LogP contribution in [0.2, 0.25) is 0 Å². The minimum absolute atomic E-state index is 0.0246. The van der Waals surface area contributed by atoms with Gasteiger partial charge in [-0.3, -0.25) is 9.89 Å². The summed E-state index contributed by atoms with van der Waals surface area (Å²) in [4.78, 5) is 11.8. The highest BCUT2D eigenvalue weighted by molar-refractivity contribution is 5.79. The maximum absolute atomic E-state index is 11.8. The topological polar surface area (TPSA) is 83.8 Å². The van der Waals surface area contributed by atoms with E-state index in [0.29, 0.717) is 13.0 Å². The van der Waals surface area contributed by atoms with Crippen molar-refractivity contribution in [2.24, 2.45) is 5.73 Å². The first-order chi connectivity index (χ1) is 7.74. The van der Waals surface area contributed by atoms with Gasteiger partial charge in [-0.25, -0.2) is 0 Å². The predicted molar refractivity (Wildman–Crippen MR) is 60.7 cm³/mol. The van der Waals surface area contributed by atoms with Crippen LogP contribution in [0.4, 0.5) is 0 Å². The normalized spacial score (nSPS) is 18.6. The lowest BCUT2D eigenvalue weighted by atomic mass is 9.97. The van der Waals surface area contributed by atoms with Crippen molar-refractivity contribution in [1.82, 2.24) is 15.5 Å². The van der Waals surface area contributed by atoms with E-state index in [-0.39, 0.29) is 11.4 Å². The van der Waals surface area contributed by atoms with Crippen LogP contribution in [0.5, 0.6) is 0 Å². The Morgan fingerprint density at radius 1 is 1.56 bits per heavy atom. The van der Waals surface area contributed by atoms with Gasteiger partial charge < -0.3 is 11.1 Å². The van der Waals surface area contributed by atoms with Crippen molar-refractivity contribution in [3.63, 3.8) is 0 Å². The van der Waals surface area contributed by atoms with E-state index in [1.165, 1.54) is 0 Å². The van der Waals surface area contributed by atoms with Gasteiger partial charge in [-0.1, -0.05) is 12.8 Å². The summed E-state index contributed by atoms with van der Waals surface area (Å²) in [6.45, 7) is 0.529. The molecule has 1 amide bonds. The number of carbonyl (C=O) groups excluding carboxylic acids is 1. The van der Waals surface area contributed by atoms with Gasteiger partial charge in [0.05, 0.1) is 12.0 Å². The zero-order valence-electron chi connectivity index (χ0n) is 9.33. The minimum atomic E-state index is -0.156. The smallest absolute Gasteiger partial charge is 0.226 e. The Balaban J connectivity index is 1.91. The van der Waals surface area contributed by atoms with E-state index in [0.717, 1.165) is 31.4 Å². The molecule has 16 heavy (non-hydrogen) atoms. The number of hydrogen-bond donors (Lipinski definition) is 3. The molecule has 0 saturated heterocycles. The largest absolute Gasteiger partial charge is 0.349 e. The molecular formula is C11H18N4O. The number of nitrogens with one attached hydrogen (secondary N) is 2. The van der Waals surface area contributed by atoms with Gasteiger partial charge in [0.15, 0.2) is 0 Å². The molecule has 0 aromatic carbocycles. The predicted octanol–water partition coefficient (Wildman–Crippen LogP) is 0.340. The lowest BCUT2D eigenvalue weighted by Crippen LogP contribution is -2.52. The summed E-state index contributed by atoms with van der Waals surface area (Å²) >= 11 is 0. The fraction of sp³-hybridized carbons (Fsp3) is 0.636. The van der Waals surface area contributed by atoms with Crippen LogP contribution >= 0.6 is 0 Å². The number of hydrogen-bond acceptors (Lipinski definition) is 3. The molecule has 0 radical (unpaired) electrons. The molecular weight excluding hydrogens is 204 g/mol. The first kappa shape index (κ1) is 11.1. The van der Waals surface area contributed by atoms with Crippen molar-refractivity contribution in [2.45, 2.75) is 37.6 Å². The Morgan fingerprint density at radius 2 is 2.31 bits per heavy atom. The third-order valence-corrected chi connectivity index (χ3v) is 3.27. The lowest BCUT2D eigenvalue weighted by molar-refractivity contribution is -0.122. The van der Waals surface area contributed by atoms with E-state index in [4.69, 9.17) is 5.73 Å². The zero-order valence-corrected chi connectivity index (χ0v) is 9.33. The highest BCUT2D eigenvalue weighted by Crippen LogP contribution is 2.28. The van der Waals surface area contributed by atoms with Crippen LogP contribution in [0.25, 0.3) is 0 Å². The molecule has 5 heteroatoms. The highest BCUT2D eigenvalue weighted by atomic mass is 16.1. The SMILES string of the molecule is NCC1(NC(=O)Cc2ccn[nH]2)CCCC1. The summed E-state index contributed by atoms with van der Waals surface area (Å²) < 4.78 is 0. The molecule has 1 heterocycles. The summed E-state index contributed by atoms with van der Waals surface area (Å²) in [5, 5.41) is 9.66. The molecule has 2 rings (SSSR count). The molecule has 5 nitrogen and oxygen atoms in total. The summed E-state index contributed by atoms with van der Waals surface area (Å²) in [7, 11) is 0. The number of H-pyrrole nitrogens is 1. The van der Waals surface area contributed by atoms with Crippen molar-refractivity contribution >= 4 is 5.91 Å². The quantitative estimate of drug-likeness (QED) is 0.687. The van der Waals surface area contributed by atoms with Gasteiger partial charge in [-0.2, -0.15) is 5.10 Å². The summed E-state index contributed by atoms with van der Waals surface area (Å²) in [5.74, 6) is 0.0246. The molecule has 1 aliphatic rings. The second-order valence-electron chi connectivity index (χ2n) is 4.50. The lowest BCUT2D eigenvalue weighted by Gasteiger charge is -2.28. The van der Waals surface area contributed by atoms with Gasteiger partial charge in [-0.05, 0) is 18.9 Å². The monoisotopic (exact) mass is 222 g/mol. The van der Waals surface area contributed by atoms with Crippen molar-refractivity contribution in [3.05, 3.63) is 18.0 Å². The van der Waals surface area contributed by atoms with Gasteiger partial charge in [-0.15, -0.1) is 0 Å². The van der Waals surface area contributed by atoms with Crippen LogP contribution in [0, 0.1) is 0 Å². The third kappa shape index (κ3) is 2.41. The van der Waals surface area contributed by atoms with Crippen LogP contribution in [0.3, 0.4) is 0 Å². The molecule has 0 bridgehead atoms. The van der Waals surface area contributed by atoms with Crippen LogP contribution in [0.15, 0.2) is 12.3 Å². The number of nitrogens with zero attached hydrogens (tertiary/aromatic N) is 1. The molecule has 1 aliphatic carbocycles. The minimum Gasteiger partial charge on any atom is -0.349 e. The Labute approximate surface area is 94.8 Å². The first-order valence-corrected chi connectivity index (χ1v) is 5.73. The number of carbonyl (C=O) groups is 1. The van der Waals surface area contributed by atoms with Crippen molar-refractivity contribution in [1.29, 1.82) is 0 Å². The van der Waals surface area contributed by atoms with Gasteiger partial charge in [0.1, 0.15) is 0 Å². The van der Waals surface area contributed by atoms with E-state index >= 15 is 0 Å². The maximum atomic E-state index is 11.8. The average Bonchev–Trinajstić information content (AvgIpc) is 2.90. The molecule has 88 valence electrons. The molecule has 0 unspecified atom stereocenters. The molecule has 1 aromatic heterocycles. The van der Waals surface area contributed by atoms with Crippen molar-refractivity contribution in [2.75, 3.05) is 6.54 Å². The van der Waals surface area contributed by atoms with E-state index in [2.05, 4.69) is 15.5 Å². The van der Waals surface area contributed by atoms with E-state index in [1.807, 2.05) is 6.07 Å². The molecule has 1 saturated carbocycles. The Hall–Kier alpha value is -1.36. The number of aromatic amines is 1. The van der Waals surface area contributed by atoms with Crippen LogP contribution in [0.1, 0.15) is 31.4 Å². The van der Waals surface area contributed by atoms with Crippen LogP contribution in [-0.2, 0) is 11.2 Å². The van der Waals surface area contributed by atoms with Gasteiger partial charge in [0.2, 0.25) is 5.91 Å². The van der Waals surface area contributed by atoms with Crippen molar-refractivity contribution < 1.29 is 4.79 Å². The van der Waals surface area contributed by atoms with Crippen molar-refractivity contribution in [3.8, 4) is 0 Å². The van der Waals surface area contributed by atoms with Gasteiger partial charge in [0.25, 0.3) is 0 Å². The van der Waals surface area contributed by atoms with Gasteiger partial charge in [0, 0.05) is 18.4 Å². The van der Waals surface area contributed by atoms with Crippen LogP contribution < -0.4 is 11.1 Å². The molecule has 4 N–H and O–H groups in total. The molecule has 0 aliphatic heterocycles. The summed E-state index contributed by atoms with van der Waals surface area (Å²) in [6, 6.07) is 1.81. The second kappa shape index (κ2) is 4.65. The molecule has 1 fully saturated rings. The van der Waals surface area contributed by atoms with E-state index in [9.17, 15) is 4.79 Å². The fourth-order valence-corrected chi connectivity index (χ4v) is 2.33. The third-order valence-electron chi connectivity index (χ3n) is 3.27. The highest BCUT2D eigenvalue weighted by Gasteiger charge is 2.33. The van der Waals surface area contributed by atoms with E-state index in [1.54, 1.807) is 6.20 Å². The van der Waals surface area contributed by atoms with Crippen LogP contribution in [-0.4, -0.2) is 28.2 Å². The number of amides is 1. The Kier molecular flexibility index (Phi) is 3.24. The van der Waals surface area contributed by atoms with Gasteiger partial charge >= 0.3 is 0 Å².